The van der Waals surface area contributed by atoms with Crippen LogP contribution in [-0.4, -0.2) is 55.6 Å². The van der Waals surface area contributed by atoms with Crippen LogP contribution in [0.3, 0.4) is 0 Å². The van der Waals surface area contributed by atoms with Crippen molar-refractivity contribution in [2.24, 2.45) is 5.92 Å². The fraction of sp³-hybridized carbons (Fsp3) is 0.500. The van der Waals surface area contributed by atoms with Crippen LogP contribution in [0.5, 0.6) is 11.5 Å². The van der Waals surface area contributed by atoms with Gasteiger partial charge in [0.2, 0.25) is 0 Å². The maximum atomic E-state index is 13.4. The zero-order valence-corrected chi connectivity index (χ0v) is 22.8. The van der Waals surface area contributed by atoms with Gasteiger partial charge in [-0.25, -0.2) is 0 Å². The average molecular weight is 528 g/mol. The van der Waals surface area contributed by atoms with E-state index < -0.39 is 12.5 Å². The topological polar surface area (TPSA) is 54.0 Å². The second-order valence-corrected chi connectivity index (χ2v) is 10.2. The van der Waals surface area contributed by atoms with Crippen LogP contribution in [-0.2, 0) is 0 Å². The number of likely N-dealkylation sites (tertiary alicyclic amines) is 1. The summed E-state index contributed by atoms with van der Waals surface area (Å²) in [6, 6.07) is 3.29. The Kier molecular flexibility index (Phi) is 9.26. The van der Waals surface area contributed by atoms with E-state index in [-0.39, 0.29) is 23.1 Å². The molecule has 1 atom stereocenters. The minimum atomic E-state index is -3.08. The lowest BCUT2D eigenvalue weighted by Gasteiger charge is -2.34. The average Bonchev–Trinajstić information content (AvgIpc) is 3.71. The van der Waals surface area contributed by atoms with E-state index in [4.69, 9.17) is 9.47 Å². The Morgan fingerprint density at radius 2 is 2.00 bits per heavy atom. The van der Waals surface area contributed by atoms with Gasteiger partial charge in [0.15, 0.2) is 0 Å². The number of hydrogen-bond donors (Lipinski definition) is 1. The summed E-state index contributed by atoms with van der Waals surface area (Å²) in [5.74, 6) is -0.00719. The molecule has 38 heavy (non-hydrogen) atoms. The van der Waals surface area contributed by atoms with Gasteiger partial charge in [-0.1, -0.05) is 25.5 Å². The van der Waals surface area contributed by atoms with Crippen molar-refractivity contribution in [2.75, 3.05) is 27.2 Å². The number of methoxy groups -OCH3 is 1. The molecule has 8 heteroatoms. The second kappa shape index (κ2) is 12.6. The van der Waals surface area contributed by atoms with Gasteiger partial charge in [-0.05, 0) is 88.4 Å². The first kappa shape index (κ1) is 27.9. The third-order valence-electron chi connectivity index (χ3n) is 7.22. The van der Waals surface area contributed by atoms with Crippen LogP contribution >= 0.6 is 0 Å². The molecule has 2 aliphatic heterocycles. The monoisotopic (exact) mass is 527 g/mol. The number of ether oxygens (including phenoxy) is 2. The minimum absolute atomic E-state index is 0.0153. The van der Waals surface area contributed by atoms with Gasteiger partial charge in [0.25, 0.3) is 5.91 Å². The lowest BCUT2D eigenvalue weighted by atomic mass is 9.88. The van der Waals surface area contributed by atoms with E-state index in [0.29, 0.717) is 11.5 Å². The predicted octanol–water partition coefficient (Wildman–Crippen LogP) is 6.33. The summed E-state index contributed by atoms with van der Waals surface area (Å²) in [5, 5.41) is 2.85. The van der Waals surface area contributed by atoms with E-state index in [1.165, 1.54) is 25.2 Å². The normalized spacial score (nSPS) is 21.6. The largest absolute Gasteiger partial charge is 0.496 e. The number of unbranched alkanes of at least 4 members (excludes halogenated alkanes) is 1. The fourth-order valence-corrected chi connectivity index (χ4v) is 5.14. The van der Waals surface area contributed by atoms with E-state index in [2.05, 4.69) is 53.5 Å². The van der Waals surface area contributed by atoms with Crippen LogP contribution in [0.2, 0.25) is 0 Å². The molecule has 6 nitrogen and oxygen atoms in total. The van der Waals surface area contributed by atoms with Crippen molar-refractivity contribution in [1.82, 2.24) is 15.1 Å². The first-order chi connectivity index (χ1) is 18.3. The van der Waals surface area contributed by atoms with Crippen molar-refractivity contribution in [3.63, 3.8) is 0 Å². The Morgan fingerprint density at radius 1 is 1.24 bits per heavy atom. The number of carbonyl (C=O) groups is 1. The molecule has 0 aromatic heterocycles. The molecule has 3 aliphatic rings. The lowest BCUT2D eigenvalue weighted by Crippen LogP contribution is -2.33. The van der Waals surface area contributed by atoms with Gasteiger partial charge >= 0.3 is 6.61 Å². The molecule has 0 spiro atoms. The van der Waals surface area contributed by atoms with Gasteiger partial charge < -0.3 is 24.6 Å². The number of piperidine rings is 1. The Hall–Kier alpha value is -3.13. The van der Waals surface area contributed by atoms with Gasteiger partial charge in [-0.15, -0.1) is 0 Å². The number of allylic oxidation sites excluding steroid dienone is 4. The van der Waals surface area contributed by atoms with Crippen LogP contribution in [0.1, 0.15) is 68.3 Å². The summed E-state index contributed by atoms with van der Waals surface area (Å²) >= 11 is 0. The molecule has 1 amide bonds. The molecule has 1 aromatic carbocycles. The standard InChI is InChI=1S/C30H39F2N3O3/c1-5-7-10-24-16-20(21-9-8-14-34(3)19-21)13-15-35(24)25(6-2)22-17-26(37-4)28(27(18-22)38-30(31)32)29(36)33-23-11-12-23/h6,10,13,15-18,21,23,30H,5,7-9,11-12,14,19H2,1-4H3,(H,33,36)/b24-10+,25-6-. The van der Waals surface area contributed by atoms with Crippen molar-refractivity contribution >= 4 is 11.6 Å². The van der Waals surface area contributed by atoms with Crippen LogP contribution in [0, 0.1) is 5.92 Å². The number of rotatable bonds is 10. The summed E-state index contributed by atoms with van der Waals surface area (Å²) < 4.78 is 37.3. The summed E-state index contributed by atoms with van der Waals surface area (Å²) in [6.07, 6.45) is 16.6. The van der Waals surface area contributed by atoms with Crippen molar-refractivity contribution in [2.45, 2.75) is 65.0 Å². The number of nitrogens with zero attached hydrogens (tertiary/aromatic N) is 2. The first-order valence-electron chi connectivity index (χ1n) is 13.6. The molecule has 1 unspecified atom stereocenters. The molecule has 2 fully saturated rings. The van der Waals surface area contributed by atoms with Crippen molar-refractivity contribution in [3.05, 3.63) is 65.0 Å². The van der Waals surface area contributed by atoms with Crippen molar-refractivity contribution < 1.29 is 23.0 Å². The van der Waals surface area contributed by atoms with Crippen LogP contribution in [0.4, 0.5) is 8.78 Å². The van der Waals surface area contributed by atoms with Crippen LogP contribution in [0.15, 0.2) is 53.9 Å². The molecule has 1 aromatic rings. The quantitative estimate of drug-likeness (QED) is 0.385. The molecule has 4 rings (SSSR count). The Labute approximate surface area is 224 Å². The van der Waals surface area contributed by atoms with Crippen molar-refractivity contribution in [3.8, 4) is 11.5 Å². The SMILES string of the molecule is C/C=C(/c1cc(OC)c(C(=O)NC2CC2)c(OC(F)F)c1)N1C=CC(C2CCCN(C)C2)=C/C1=C\CCC. The van der Waals surface area contributed by atoms with Crippen LogP contribution in [0.25, 0.3) is 5.70 Å². The van der Waals surface area contributed by atoms with E-state index in [0.717, 1.165) is 56.6 Å². The highest BCUT2D eigenvalue weighted by molar-refractivity contribution is 6.00. The third-order valence-corrected chi connectivity index (χ3v) is 7.22. The summed E-state index contributed by atoms with van der Waals surface area (Å²) in [4.78, 5) is 17.4. The first-order valence-corrected chi connectivity index (χ1v) is 13.6. The lowest BCUT2D eigenvalue weighted by molar-refractivity contribution is -0.0502. The maximum Gasteiger partial charge on any atom is 0.387 e. The second-order valence-electron chi connectivity index (χ2n) is 10.2. The van der Waals surface area contributed by atoms with Crippen LogP contribution < -0.4 is 14.8 Å². The number of halogens is 2. The zero-order valence-electron chi connectivity index (χ0n) is 22.8. The van der Waals surface area contributed by atoms with E-state index >= 15 is 0 Å². The Balaban J connectivity index is 1.71. The summed E-state index contributed by atoms with van der Waals surface area (Å²) in [6.45, 7) is 3.13. The number of carbonyl (C=O) groups excluding carboxylic acids is 1. The highest BCUT2D eigenvalue weighted by Crippen LogP contribution is 2.39. The van der Waals surface area contributed by atoms with Gasteiger partial charge in [0, 0.05) is 35.7 Å². The highest BCUT2D eigenvalue weighted by atomic mass is 19.3. The third kappa shape index (κ3) is 6.65. The molecule has 1 N–H and O–H groups in total. The van der Waals surface area contributed by atoms with Gasteiger partial charge in [0.1, 0.15) is 17.1 Å². The number of hydrogen-bond acceptors (Lipinski definition) is 5. The van der Waals surface area contributed by atoms with E-state index in [1.807, 2.05) is 13.0 Å². The summed E-state index contributed by atoms with van der Waals surface area (Å²) in [7, 11) is 3.59. The van der Waals surface area contributed by atoms with E-state index in [9.17, 15) is 13.6 Å². The summed E-state index contributed by atoms with van der Waals surface area (Å²) in [5.41, 5.74) is 3.72. The number of alkyl halides is 2. The molecule has 1 saturated heterocycles. The predicted molar refractivity (Wildman–Crippen MR) is 146 cm³/mol. The zero-order chi connectivity index (χ0) is 27.2. The Bertz CT molecular complexity index is 1140. The molecule has 0 bridgehead atoms. The molecule has 0 radical (unpaired) electrons. The molecule has 1 saturated carbocycles. The van der Waals surface area contributed by atoms with E-state index in [1.54, 1.807) is 6.07 Å². The molecule has 206 valence electrons. The number of benzene rings is 1. The van der Waals surface area contributed by atoms with Gasteiger partial charge in [-0.3, -0.25) is 4.79 Å². The molecular formula is C30H39F2N3O3. The maximum absolute atomic E-state index is 13.4. The number of amides is 1. The smallest absolute Gasteiger partial charge is 0.387 e. The molecular weight excluding hydrogens is 488 g/mol. The minimum Gasteiger partial charge on any atom is -0.496 e. The molecule has 1 aliphatic carbocycles. The molecule has 2 heterocycles. The Morgan fingerprint density at radius 3 is 2.63 bits per heavy atom. The fourth-order valence-electron chi connectivity index (χ4n) is 5.14. The highest BCUT2D eigenvalue weighted by Gasteiger charge is 2.30. The van der Waals surface area contributed by atoms with Gasteiger partial charge in [-0.2, -0.15) is 8.78 Å². The van der Waals surface area contributed by atoms with Crippen molar-refractivity contribution in [1.29, 1.82) is 0 Å². The van der Waals surface area contributed by atoms with Gasteiger partial charge in [0.05, 0.1) is 7.11 Å². The number of nitrogens with one attached hydrogen (secondary N) is 1.